The molecule has 2 N–H and O–H groups in total. The smallest absolute Gasteiger partial charge is 0.137 e. The molecule has 2 nitrogen and oxygen atoms in total. The fourth-order valence-electron chi connectivity index (χ4n) is 1.70. The van der Waals surface area contributed by atoms with E-state index in [0.29, 0.717) is 5.92 Å². The molecule has 1 aromatic rings. The van der Waals surface area contributed by atoms with Crippen LogP contribution in [0, 0.1) is 6.92 Å². The van der Waals surface area contributed by atoms with Gasteiger partial charge in [0.2, 0.25) is 0 Å². The lowest BCUT2D eigenvalue weighted by Crippen LogP contribution is -2.84. The summed E-state index contributed by atoms with van der Waals surface area (Å²) in [7, 11) is 0. The van der Waals surface area contributed by atoms with Gasteiger partial charge in [-0.25, -0.2) is 0 Å². The van der Waals surface area contributed by atoms with Gasteiger partial charge in [-0.2, -0.15) is 0 Å². The maximum absolute atomic E-state index is 5.85. The van der Waals surface area contributed by atoms with E-state index < -0.39 is 0 Å². The summed E-state index contributed by atoms with van der Waals surface area (Å²) in [5.41, 5.74) is 2.57. The Hall–Kier alpha value is -1.02. The SMILES string of the molecule is CC[NH2+]CCOc1cc(C)ccc1C(C)C. The van der Waals surface area contributed by atoms with Crippen LogP contribution in [0.25, 0.3) is 0 Å². The molecule has 0 atom stereocenters. The minimum atomic E-state index is 0.519. The Morgan fingerprint density at radius 1 is 1.31 bits per heavy atom. The molecule has 2 heteroatoms. The molecule has 0 fully saturated rings. The zero-order valence-electron chi connectivity index (χ0n) is 10.9. The zero-order chi connectivity index (χ0) is 12.0. The van der Waals surface area contributed by atoms with Crippen molar-refractivity contribution in [3.63, 3.8) is 0 Å². The van der Waals surface area contributed by atoms with E-state index >= 15 is 0 Å². The van der Waals surface area contributed by atoms with E-state index in [1.54, 1.807) is 0 Å². The molecule has 0 amide bonds. The molecule has 0 aromatic heterocycles. The third-order valence-corrected chi connectivity index (χ3v) is 2.66. The Bertz CT molecular complexity index is 321. The Kier molecular flexibility index (Phi) is 5.33. The van der Waals surface area contributed by atoms with Crippen LogP contribution in [0.5, 0.6) is 5.75 Å². The predicted octanol–water partition coefficient (Wildman–Crippen LogP) is 2.08. The Morgan fingerprint density at radius 2 is 2.06 bits per heavy atom. The number of benzene rings is 1. The van der Waals surface area contributed by atoms with Gasteiger partial charge in [0.1, 0.15) is 18.9 Å². The first-order valence-electron chi connectivity index (χ1n) is 6.20. The van der Waals surface area contributed by atoms with Gasteiger partial charge in [0.05, 0.1) is 6.54 Å². The van der Waals surface area contributed by atoms with Gasteiger partial charge in [0.15, 0.2) is 0 Å². The van der Waals surface area contributed by atoms with Gasteiger partial charge in [-0.15, -0.1) is 0 Å². The average molecular weight is 222 g/mol. The van der Waals surface area contributed by atoms with Crippen molar-refractivity contribution in [2.45, 2.75) is 33.6 Å². The molecule has 0 aliphatic carbocycles. The summed E-state index contributed by atoms with van der Waals surface area (Å²) in [6.45, 7) is 11.6. The summed E-state index contributed by atoms with van der Waals surface area (Å²) in [6.07, 6.45) is 0. The quantitative estimate of drug-likeness (QED) is 0.733. The Morgan fingerprint density at radius 3 is 2.69 bits per heavy atom. The highest BCUT2D eigenvalue weighted by Gasteiger charge is 2.07. The number of quaternary nitrogens is 1. The number of aryl methyl sites for hydroxylation is 1. The first-order valence-corrected chi connectivity index (χ1v) is 6.20. The lowest BCUT2D eigenvalue weighted by atomic mass is 10.0. The van der Waals surface area contributed by atoms with Crippen LogP contribution in [0.2, 0.25) is 0 Å². The van der Waals surface area contributed by atoms with Crippen molar-refractivity contribution in [3.8, 4) is 5.75 Å². The molecule has 0 heterocycles. The fraction of sp³-hybridized carbons (Fsp3) is 0.571. The third-order valence-electron chi connectivity index (χ3n) is 2.66. The molecule has 1 rings (SSSR count). The first kappa shape index (κ1) is 13.0. The summed E-state index contributed by atoms with van der Waals surface area (Å²) in [5.74, 6) is 1.57. The molecular formula is C14H24NO+. The largest absolute Gasteiger partial charge is 0.487 e. The summed E-state index contributed by atoms with van der Waals surface area (Å²) >= 11 is 0. The fourth-order valence-corrected chi connectivity index (χ4v) is 1.70. The van der Waals surface area contributed by atoms with Crippen molar-refractivity contribution in [1.82, 2.24) is 0 Å². The van der Waals surface area contributed by atoms with Gasteiger partial charge in [-0.05, 0) is 37.0 Å². The highest BCUT2D eigenvalue weighted by atomic mass is 16.5. The van der Waals surface area contributed by atoms with Crippen LogP contribution in [0.4, 0.5) is 0 Å². The average Bonchev–Trinajstić information content (AvgIpc) is 2.24. The summed E-state index contributed by atoms with van der Waals surface area (Å²) in [6, 6.07) is 6.47. The maximum atomic E-state index is 5.85. The van der Waals surface area contributed by atoms with E-state index in [1.807, 2.05) is 0 Å². The van der Waals surface area contributed by atoms with Crippen LogP contribution >= 0.6 is 0 Å². The molecule has 0 saturated carbocycles. The molecule has 0 unspecified atom stereocenters. The number of likely N-dealkylation sites (N-methyl/N-ethyl adjacent to an activating group) is 1. The molecule has 90 valence electrons. The molecule has 0 spiro atoms. The van der Waals surface area contributed by atoms with E-state index in [2.05, 4.69) is 51.2 Å². The van der Waals surface area contributed by atoms with E-state index in [-0.39, 0.29) is 0 Å². The van der Waals surface area contributed by atoms with Crippen LogP contribution in [0.1, 0.15) is 37.8 Å². The van der Waals surface area contributed by atoms with Gasteiger partial charge in [-0.3, -0.25) is 0 Å². The van der Waals surface area contributed by atoms with Gasteiger partial charge >= 0.3 is 0 Å². The van der Waals surface area contributed by atoms with Crippen molar-refractivity contribution in [2.75, 3.05) is 19.7 Å². The normalized spacial score (nSPS) is 10.8. The third kappa shape index (κ3) is 3.86. The zero-order valence-corrected chi connectivity index (χ0v) is 10.9. The summed E-state index contributed by atoms with van der Waals surface area (Å²) < 4.78 is 5.85. The van der Waals surface area contributed by atoms with Crippen molar-refractivity contribution in [1.29, 1.82) is 0 Å². The number of hydrogen-bond donors (Lipinski definition) is 1. The molecule has 0 saturated heterocycles. The van der Waals surface area contributed by atoms with Crippen LogP contribution in [0.15, 0.2) is 18.2 Å². The number of ether oxygens (including phenoxy) is 1. The van der Waals surface area contributed by atoms with Gasteiger partial charge in [0, 0.05) is 0 Å². The van der Waals surface area contributed by atoms with Crippen LogP contribution in [-0.4, -0.2) is 19.7 Å². The highest BCUT2D eigenvalue weighted by Crippen LogP contribution is 2.27. The minimum Gasteiger partial charge on any atom is -0.487 e. The second kappa shape index (κ2) is 6.54. The highest BCUT2D eigenvalue weighted by molar-refractivity contribution is 5.39. The lowest BCUT2D eigenvalue weighted by molar-refractivity contribution is -0.652. The second-order valence-corrected chi connectivity index (χ2v) is 4.53. The van der Waals surface area contributed by atoms with Gasteiger partial charge in [-0.1, -0.05) is 26.0 Å². The van der Waals surface area contributed by atoms with Crippen molar-refractivity contribution < 1.29 is 10.1 Å². The predicted molar refractivity (Wildman–Crippen MR) is 68.1 cm³/mol. The molecule has 0 aliphatic rings. The van der Waals surface area contributed by atoms with Crippen LogP contribution < -0.4 is 10.1 Å². The first-order chi connectivity index (χ1) is 7.65. The van der Waals surface area contributed by atoms with Gasteiger partial charge < -0.3 is 10.1 Å². The Labute approximate surface area is 99.0 Å². The van der Waals surface area contributed by atoms with Crippen LogP contribution in [-0.2, 0) is 0 Å². The molecule has 1 aromatic carbocycles. The van der Waals surface area contributed by atoms with Crippen LogP contribution in [0.3, 0.4) is 0 Å². The second-order valence-electron chi connectivity index (χ2n) is 4.53. The van der Waals surface area contributed by atoms with E-state index in [0.717, 1.165) is 25.4 Å². The number of hydrogen-bond acceptors (Lipinski definition) is 1. The molecule has 0 bridgehead atoms. The minimum absolute atomic E-state index is 0.519. The van der Waals surface area contributed by atoms with E-state index in [9.17, 15) is 0 Å². The molecule has 16 heavy (non-hydrogen) atoms. The lowest BCUT2D eigenvalue weighted by Gasteiger charge is -2.14. The number of nitrogens with two attached hydrogens (primary N) is 1. The van der Waals surface area contributed by atoms with Crippen molar-refractivity contribution in [2.24, 2.45) is 0 Å². The van der Waals surface area contributed by atoms with E-state index in [1.165, 1.54) is 11.1 Å². The Balaban J connectivity index is 2.65. The standard InChI is InChI=1S/C14H23NO/c1-5-15-8-9-16-14-10-12(4)6-7-13(14)11(2)3/h6-7,10-11,15H,5,8-9H2,1-4H3/p+1. The summed E-state index contributed by atoms with van der Waals surface area (Å²) in [5, 5.41) is 2.25. The monoisotopic (exact) mass is 222 g/mol. The molecule has 0 aliphatic heterocycles. The maximum Gasteiger partial charge on any atom is 0.137 e. The van der Waals surface area contributed by atoms with Crippen molar-refractivity contribution in [3.05, 3.63) is 29.3 Å². The van der Waals surface area contributed by atoms with E-state index in [4.69, 9.17) is 4.74 Å². The topological polar surface area (TPSA) is 25.8 Å². The molecule has 0 radical (unpaired) electrons. The van der Waals surface area contributed by atoms with Crippen molar-refractivity contribution >= 4 is 0 Å². The summed E-state index contributed by atoms with van der Waals surface area (Å²) in [4.78, 5) is 0. The number of rotatable bonds is 6. The molecular weight excluding hydrogens is 198 g/mol. The van der Waals surface area contributed by atoms with Gasteiger partial charge in [0.25, 0.3) is 0 Å².